The summed E-state index contributed by atoms with van der Waals surface area (Å²) in [6.07, 6.45) is 2.08. The van der Waals surface area contributed by atoms with Gasteiger partial charge in [0, 0.05) is 19.4 Å². The molecule has 252 valence electrons. The summed E-state index contributed by atoms with van der Waals surface area (Å²) in [5.41, 5.74) is 0.747. The number of ether oxygens (including phenoxy) is 1. The molecule has 1 aromatic rings. The Balaban J connectivity index is 1.69. The van der Waals surface area contributed by atoms with Gasteiger partial charge in [-0.15, -0.1) is 0 Å². The van der Waals surface area contributed by atoms with Gasteiger partial charge in [-0.3, -0.25) is 43.3 Å². The second-order valence-corrected chi connectivity index (χ2v) is 10.6. The van der Waals surface area contributed by atoms with Gasteiger partial charge in [0.15, 0.2) is 5.78 Å². The van der Waals surface area contributed by atoms with Gasteiger partial charge in [-0.2, -0.15) is 0 Å². The first-order chi connectivity index (χ1) is 22.0. The number of Topliss-reactive ketones (excluding diaryl/α,β-unsaturated/α-hetero) is 1. The van der Waals surface area contributed by atoms with Crippen LogP contribution in [-0.4, -0.2) is 111 Å². The van der Waals surface area contributed by atoms with Gasteiger partial charge in [0.2, 0.25) is 41.4 Å². The maximum Gasteiger partial charge on any atom is 0.246 e. The summed E-state index contributed by atoms with van der Waals surface area (Å²) < 4.78 is 4.95. The summed E-state index contributed by atoms with van der Waals surface area (Å²) in [6.45, 7) is 0.0652. The molecular formula is C30H43N7O9. The molecule has 0 saturated carbocycles. The molecule has 2 atom stereocenters. The number of likely N-dealkylation sites (tertiary alicyclic amines) is 1. The molecule has 1 saturated heterocycles. The monoisotopic (exact) mass is 645 g/mol. The van der Waals surface area contributed by atoms with Crippen LogP contribution in [0.4, 0.5) is 0 Å². The maximum absolute atomic E-state index is 12.8. The van der Waals surface area contributed by atoms with Crippen LogP contribution in [0.15, 0.2) is 30.3 Å². The van der Waals surface area contributed by atoms with E-state index in [4.69, 9.17) is 4.74 Å². The minimum Gasteiger partial charge on any atom is -0.354 e. The normalized spacial score (nSPS) is 14.7. The number of hydrogen-bond acceptors (Lipinski definition) is 10. The molecule has 2 unspecified atom stereocenters. The van der Waals surface area contributed by atoms with E-state index in [2.05, 4.69) is 31.9 Å². The first-order valence-corrected chi connectivity index (χ1v) is 15.0. The van der Waals surface area contributed by atoms with Gasteiger partial charge in [0.25, 0.3) is 0 Å². The number of carbonyl (C=O) groups is 8. The molecule has 1 fully saturated rings. The smallest absolute Gasteiger partial charge is 0.246 e. The van der Waals surface area contributed by atoms with Crippen LogP contribution in [0, 0.1) is 0 Å². The highest BCUT2D eigenvalue weighted by Gasteiger charge is 2.36. The number of nitrogens with one attached hydrogen (secondary N) is 6. The third-order valence-electron chi connectivity index (χ3n) is 6.80. The molecule has 7 amide bonds. The fourth-order valence-electron chi connectivity index (χ4n) is 4.37. The Hall–Kier alpha value is -4.70. The van der Waals surface area contributed by atoms with Crippen molar-refractivity contribution in [3.05, 3.63) is 35.9 Å². The maximum atomic E-state index is 12.8. The Labute approximate surface area is 267 Å². The lowest BCUT2D eigenvalue weighted by molar-refractivity contribution is -0.139. The SMILES string of the molecule is CNC1CC(=O)N(CCCCCC(=O)NCC(=O)NCC(=O)NC(Cc2ccccc2)C(=O)NCC(=O)NCOCC(C)=O)C1=O. The average molecular weight is 646 g/mol. The molecule has 6 N–H and O–H groups in total. The highest BCUT2D eigenvalue weighted by Crippen LogP contribution is 2.14. The van der Waals surface area contributed by atoms with Gasteiger partial charge in [-0.1, -0.05) is 36.8 Å². The fourth-order valence-corrected chi connectivity index (χ4v) is 4.37. The molecule has 0 aliphatic carbocycles. The number of benzene rings is 1. The summed E-state index contributed by atoms with van der Waals surface area (Å²) >= 11 is 0. The Morgan fingerprint density at radius 3 is 2.17 bits per heavy atom. The van der Waals surface area contributed by atoms with Crippen molar-refractivity contribution in [2.24, 2.45) is 0 Å². The summed E-state index contributed by atoms with van der Waals surface area (Å²) in [6, 6.07) is 7.34. The van der Waals surface area contributed by atoms with E-state index >= 15 is 0 Å². The Morgan fingerprint density at radius 2 is 1.50 bits per heavy atom. The Kier molecular flexibility index (Phi) is 16.6. The van der Waals surface area contributed by atoms with Crippen molar-refractivity contribution in [3.63, 3.8) is 0 Å². The predicted octanol–water partition coefficient (Wildman–Crippen LogP) is -2.35. The number of unbranched alkanes of at least 4 members (excludes halogenated alkanes) is 2. The van der Waals surface area contributed by atoms with E-state index < -0.39 is 48.8 Å². The van der Waals surface area contributed by atoms with Crippen LogP contribution in [0.2, 0.25) is 0 Å². The molecule has 0 aromatic heterocycles. The van der Waals surface area contributed by atoms with Crippen molar-refractivity contribution in [1.29, 1.82) is 0 Å². The first-order valence-electron chi connectivity index (χ1n) is 15.0. The predicted molar refractivity (Wildman–Crippen MR) is 163 cm³/mol. The zero-order chi connectivity index (χ0) is 33.9. The molecule has 16 heteroatoms. The van der Waals surface area contributed by atoms with E-state index in [1.807, 2.05) is 0 Å². The van der Waals surface area contributed by atoms with E-state index in [1.165, 1.54) is 11.8 Å². The molecule has 0 radical (unpaired) electrons. The summed E-state index contributed by atoms with van der Waals surface area (Å²) in [5.74, 6) is -3.48. The lowest BCUT2D eigenvalue weighted by Crippen LogP contribution is -2.52. The minimum atomic E-state index is -1.06. The zero-order valence-electron chi connectivity index (χ0n) is 26.1. The number of ketones is 1. The van der Waals surface area contributed by atoms with Crippen molar-refractivity contribution in [3.8, 4) is 0 Å². The van der Waals surface area contributed by atoms with Crippen LogP contribution < -0.4 is 31.9 Å². The van der Waals surface area contributed by atoms with Crippen molar-refractivity contribution in [2.75, 3.05) is 46.6 Å². The lowest BCUT2D eigenvalue weighted by atomic mass is 10.1. The fraction of sp³-hybridized carbons (Fsp3) is 0.533. The lowest BCUT2D eigenvalue weighted by Gasteiger charge is -2.19. The summed E-state index contributed by atoms with van der Waals surface area (Å²) in [7, 11) is 1.63. The topological polar surface area (TPSA) is 221 Å². The number of carbonyl (C=O) groups excluding carboxylic acids is 8. The van der Waals surface area contributed by atoms with E-state index in [9.17, 15) is 38.4 Å². The van der Waals surface area contributed by atoms with Crippen molar-refractivity contribution in [2.45, 2.75) is 57.5 Å². The number of likely N-dealkylation sites (N-methyl/N-ethyl adjacent to an activating group) is 1. The summed E-state index contributed by atoms with van der Waals surface area (Å²) in [5, 5.41) is 15.0. The number of nitrogens with zero attached hydrogens (tertiary/aromatic N) is 1. The standard InChI is InChI=1S/C30H43N7O9/c1-20(38)18-46-19-35-26(41)16-34-29(44)22(13-21-9-5-3-6-10-21)36-27(42)17-33-25(40)15-32-24(39)11-7-4-8-12-37-28(43)14-23(31-2)30(37)45/h3,5-6,9-10,22-23,31H,4,7-8,11-19H2,1-2H3,(H,32,39)(H,33,40)(H,34,44)(H,35,41)(H,36,42). The van der Waals surface area contributed by atoms with E-state index in [1.54, 1.807) is 37.4 Å². The third kappa shape index (κ3) is 14.4. The molecule has 0 spiro atoms. The highest BCUT2D eigenvalue weighted by molar-refractivity contribution is 6.05. The second-order valence-electron chi connectivity index (χ2n) is 10.6. The Bertz CT molecular complexity index is 1240. The molecule has 1 aromatic carbocycles. The molecule has 1 aliphatic heterocycles. The van der Waals surface area contributed by atoms with Gasteiger partial charge in [-0.05, 0) is 32.4 Å². The van der Waals surface area contributed by atoms with Crippen molar-refractivity contribution < 1.29 is 43.1 Å². The zero-order valence-corrected chi connectivity index (χ0v) is 26.1. The number of imide groups is 1. The van der Waals surface area contributed by atoms with Gasteiger partial charge in [0.1, 0.15) is 19.4 Å². The number of amides is 7. The summed E-state index contributed by atoms with van der Waals surface area (Å²) in [4.78, 5) is 97.8. The molecule has 1 aliphatic rings. The van der Waals surface area contributed by atoms with Crippen LogP contribution >= 0.6 is 0 Å². The van der Waals surface area contributed by atoms with E-state index in [0.717, 1.165) is 5.56 Å². The average Bonchev–Trinajstić information content (AvgIpc) is 3.31. The molecule has 16 nitrogen and oxygen atoms in total. The molecule has 2 rings (SSSR count). The quantitative estimate of drug-likeness (QED) is 0.0475. The van der Waals surface area contributed by atoms with Crippen LogP contribution in [0.1, 0.15) is 44.6 Å². The van der Waals surface area contributed by atoms with Crippen molar-refractivity contribution >= 4 is 47.1 Å². The minimum absolute atomic E-state index is 0.118. The van der Waals surface area contributed by atoms with Crippen molar-refractivity contribution in [1.82, 2.24) is 36.8 Å². The second kappa shape index (κ2) is 20.4. The number of rotatable bonds is 21. The van der Waals surface area contributed by atoms with Crippen LogP contribution in [0.3, 0.4) is 0 Å². The van der Waals surface area contributed by atoms with E-state index in [0.29, 0.717) is 25.8 Å². The molecular weight excluding hydrogens is 602 g/mol. The largest absolute Gasteiger partial charge is 0.354 e. The van der Waals surface area contributed by atoms with Gasteiger partial charge >= 0.3 is 0 Å². The number of hydrogen-bond donors (Lipinski definition) is 6. The van der Waals surface area contributed by atoms with Gasteiger partial charge in [-0.25, -0.2) is 0 Å². The highest BCUT2D eigenvalue weighted by atomic mass is 16.5. The van der Waals surface area contributed by atoms with Crippen LogP contribution in [0.5, 0.6) is 0 Å². The van der Waals surface area contributed by atoms with Gasteiger partial charge in [0.05, 0.1) is 32.1 Å². The molecule has 0 bridgehead atoms. The first kappa shape index (κ1) is 37.5. The molecule has 46 heavy (non-hydrogen) atoms. The Morgan fingerprint density at radius 1 is 0.848 bits per heavy atom. The van der Waals surface area contributed by atoms with Crippen LogP contribution in [-0.2, 0) is 49.5 Å². The van der Waals surface area contributed by atoms with Crippen LogP contribution in [0.25, 0.3) is 0 Å². The molecule has 1 heterocycles. The third-order valence-corrected chi connectivity index (χ3v) is 6.80. The van der Waals surface area contributed by atoms with Gasteiger partial charge < -0.3 is 36.6 Å². The van der Waals surface area contributed by atoms with E-state index in [-0.39, 0.29) is 62.6 Å².